The summed E-state index contributed by atoms with van der Waals surface area (Å²) in [6.07, 6.45) is 3.76. The van der Waals surface area contributed by atoms with Gasteiger partial charge in [0, 0.05) is 65.9 Å². The standard InChI is InChI=1S/C47H47BrFN7O6/c1-46(2)44(47(3,4)45(46)62-29-13-15-35(50-5)33(48)22-29)55-25-36-30(41(55)59)14-10-27(51-36)9-6-26-7-11-28(12-8-26)53-18-20-54(21-19-53)38-24-32-31(23-34(38)49)42(60)56(43(32)61)37-16-17-39(57)52-40(37)58/h10,13-15,22-24,26,28,37,44-45H,7-8,11-12,16-21,25H2,1-4H3,(H,52,57,58). The molecule has 2 saturated carbocycles. The molecule has 15 heteroatoms. The molecule has 2 saturated heterocycles. The number of rotatable bonds is 6. The van der Waals surface area contributed by atoms with Gasteiger partial charge in [0.1, 0.15) is 29.4 Å². The first-order chi connectivity index (χ1) is 29.6. The molecule has 0 radical (unpaired) electrons. The summed E-state index contributed by atoms with van der Waals surface area (Å²) < 4.78 is 22.7. The van der Waals surface area contributed by atoms with Gasteiger partial charge in [0.25, 0.3) is 17.7 Å². The van der Waals surface area contributed by atoms with Gasteiger partial charge in [-0.15, -0.1) is 0 Å². The van der Waals surface area contributed by atoms with Crippen LogP contribution >= 0.6 is 15.9 Å². The maximum absolute atomic E-state index is 15.5. The van der Waals surface area contributed by atoms with Gasteiger partial charge in [-0.05, 0) is 74.4 Å². The molecule has 1 aromatic heterocycles. The predicted molar refractivity (Wildman–Crippen MR) is 230 cm³/mol. The van der Waals surface area contributed by atoms with Crippen LogP contribution in [0.5, 0.6) is 5.75 Å². The zero-order chi connectivity index (χ0) is 43.8. The Labute approximate surface area is 368 Å². The summed E-state index contributed by atoms with van der Waals surface area (Å²) in [6, 6.07) is 10.8. The molecular formula is C47H47BrFN7O6. The Morgan fingerprint density at radius 2 is 1.56 bits per heavy atom. The number of pyridine rings is 1. The van der Waals surface area contributed by atoms with Crippen molar-refractivity contribution in [1.82, 2.24) is 25.0 Å². The molecule has 0 spiro atoms. The number of nitrogens with zero attached hydrogens (tertiary/aromatic N) is 6. The second kappa shape index (κ2) is 15.6. The number of anilines is 1. The van der Waals surface area contributed by atoms with Gasteiger partial charge in [0.15, 0.2) is 0 Å². The molecule has 320 valence electrons. The molecule has 2 aromatic carbocycles. The average Bonchev–Trinajstić information content (AvgIpc) is 3.68. The van der Waals surface area contributed by atoms with Gasteiger partial charge >= 0.3 is 0 Å². The number of hydrogen-bond donors (Lipinski definition) is 1. The fraction of sp³-hybridized carbons (Fsp3) is 0.468. The maximum atomic E-state index is 15.5. The highest BCUT2D eigenvalue weighted by Crippen LogP contribution is 2.59. The minimum atomic E-state index is -1.10. The number of piperidine rings is 1. The van der Waals surface area contributed by atoms with E-state index in [2.05, 4.69) is 70.5 Å². The Bertz CT molecular complexity index is 2530. The molecule has 5 amide bonds. The number of imide groups is 2. The van der Waals surface area contributed by atoms with E-state index in [1.807, 2.05) is 34.1 Å². The summed E-state index contributed by atoms with van der Waals surface area (Å²) >= 11 is 3.47. The highest BCUT2D eigenvalue weighted by atomic mass is 79.9. The Balaban J connectivity index is 0.778. The van der Waals surface area contributed by atoms with E-state index < -0.39 is 35.5 Å². The quantitative estimate of drug-likeness (QED) is 0.167. The lowest BCUT2D eigenvalue weighted by molar-refractivity contribution is -0.199. The largest absolute Gasteiger partial charge is 0.489 e. The van der Waals surface area contributed by atoms with Crippen molar-refractivity contribution in [1.29, 1.82) is 0 Å². The van der Waals surface area contributed by atoms with Crippen LogP contribution < -0.4 is 15.0 Å². The molecular weight excluding hydrogens is 857 g/mol. The van der Waals surface area contributed by atoms with Gasteiger partial charge in [0.05, 0.1) is 41.2 Å². The molecule has 62 heavy (non-hydrogen) atoms. The van der Waals surface area contributed by atoms with Crippen molar-refractivity contribution < 1.29 is 33.1 Å². The molecule has 2 aliphatic carbocycles. The Morgan fingerprint density at radius 1 is 0.871 bits per heavy atom. The number of fused-ring (bicyclic) bond motifs is 2. The van der Waals surface area contributed by atoms with Crippen molar-refractivity contribution in [2.24, 2.45) is 16.7 Å². The van der Waals surface area contributed by atoms with E-state index >= 15 is 4.39 Å². The summed E-state index contributed by atoms with van der Waals surface area (Å²) in [5, 5.41) is 2.18. The lowest BCUT2D eigenvalue weighted by atomic mass is 9.49. The molecule has 13 nitrogen and oxygen atoms in total. The van der Waals surface area contributed by atoms with Crippen molar-refractivity contribution in [2.45, 2.75) is 97.0 Å². The van der Waals surface area contributed by atoms with Crippen molar-refractivity contribution in [3.8, 4) is 17.6 Å². The third-order valence-electron chi connectivity index (χ3n) is 13.9. The van der Waals surface area contributed by atoms with Gasteiger partial charge in [-0.25, -0.2) is 14.2 Å². The Kier molecular flexibility index (Phi) is 10.5. The number of carbonyl (C=O) groups is 5. The van der Waals surface area contributed by atoms with Crippen LogP contribution in [0.25, 0.3) is 4.85 Å². The first-order valence-electron chi connectivity index (χ1n) is 21.3. The van der Waals surface area contributed by atoms with Gasteiger partial charge < -0.3 is 14.5 Å². The predicted octanol–water partition coefficient (Wildman–Crippen LogP) is 6.51. The Hall–Kier alpha value is -5.64. The molecule has 9 rings (SSSR count). The van der Waals surface area contributed by atoms with E-state index in [9.17, 15) is 24.0 Å². The van der Waals surface area contributed by atoms with Gasteiger partial charge in [-0.2, -0.15) is 0 Å². The normalized spacial score (nSPS) is 26.6. The van der Waals surface area contributed by atoms with Crippen LogP contribution in [0, 0.1) is 41.0 Å². The van der Waals surface area contributed by atoms with E-state index in [-0.39, 0.29) is 64.5 Å². The van der Waals surface area contributed by atoms with Crippen molar-refractivity contribution >= 4 is 56.8 Å². The summed E-state index contributed by atoms with van der Waals surface area (Å²) in [6.45, 7) is 18.9. The summed E-state index contributed by atoms with van der Waals surface area (Å²) in [7, 11) is 0. The van der Waals surface area contributed by atoms with E-state index in [0.717, 1.165) is 55.4 Å². The number of amides is 5. The smallest absolute Gasteiger partial charge is 0.262 e. The third kappa shape index (κ3) is 7.03. The van der Waals surface area contributed by atoms with Gasteiger partial charge in [0.2, 0.25) is 17.5 Å². The van der Waals surface area contributed by atoms with Crippen molar-refractivity contribution in [3.63, 3.8) is 0 Å². The number of aromatic nitrogens is 1. The lowest BCUT2D eigenvalue weighted by Crippen LogP contribution is -2.74. The third-order valence-corrected chi connectivity index (χ3v) is 14.6. The molecule has 6 aliphatic rings. The van der Waals surface area contributed by atoms with E-state index in [1.165, 1.54) is 6.07 Å². The molecule has 4 aliphatic heterocycles. The number of halogens is 2. The number of hydrogen-bond acceptors (Lipinski definition) is 9. The molecule has 3 aromatic rings. The van der Waals surface area contributed by atoms with E-state index in [4.69, 9.17) is 16.3 Å². The first kappa shape index (κ1) is 41.7. The number of benzene rings is 2. The fourth-order valence-corrected chi connectivity index (χ4v) is 11.7. The SMILES string of the molecule is [C-]#[N+]c1ccc(OC2C(C)(C)C(N3Cc4nc(C#CC5CCC(N6CCN(c7cc8c(cc7F)C(=O)N(C7CCC(=O)NC7=O)C8=O)CC6)CC5)ccc4C3=O)C2(C)C)cc1Br. The fourth-order valence-electron chi connectivity index (χ4n) is 11.3. The molecule has 4 fully saturated rings. The summed E-state index contributed by atoms with van der Waals surface area (Å²) in [5.74, 6) is 4.54. The molecule has 0 bridgehead atoms. The van der Waals surface area contributed by atoms with Crippen LogP contribution in [-0.2, 0) is 16.1 Å². The molecule has 1 atom stereocenters. The van der Waals surface area contributed by atoms with Crippen LogP contribution in [0.3, 0.4) is 0 Å². The zero-order valence-corrected chi connectivity index (χ0v) is 36.7. The zero-order valence-electron chi connectivity index (χ0n) is 35.1. The van der Waals surface area contributed by atoms with E-state index in [0.29, 0.717) is 52.8 Å². The minimum absolute atomic E-state index is 0.0136. The van der Waals surface area contributed by atoms with Crippen LogP contribution in [0.4, 0.5) is 15.8 Å². The number of piperazine rings is 1. The summed E-state index contributed by atoms with van der Waals surface area (Å²) in [5.41, 5.74) is 2.11. The van der Waals surface area contributed by atoms with Gasteiger partial charge in [-0.3, -0.25) is 39.1 Å². The van der Waals surface area contributed by atoms with Crippen molar-refractivity contribution in [2.75, 3.05) is 31.1 Å². The summed E-state index contributed by atoms with van der Waals surface area (Å²) in [4.78, 5) is 80.0. The monoisotopic (exact) mass is 903 g/mol. The van der Waals surface area contributed by atoms with Crippen LogP contribution in [0.1, 0.15) is 109 Å². The second-order valence-electron chi connectivity index (χ2n) is 18.5. The number of carbonyl (C=O) groups excluding carboxylic acids is 5. The number of nitrogens with one attached hydrogen (secondary N) is 1. The number of ether oxygens (including phenoxy) is 1. The molecule has 1 N–H and O–H groups in total. The first-order valence-corrected chi connectivity index (χ1v) is 22.1. The average molecular weight is 905 g/mol. The molecule has 1 unspecified atom stereocenters. The lowest BCUT2D eigenvalue weighted by Gasteiger charge is -2.65. The van der Waals surface area contributed by atoms with Crippen LogP contribution in [-0.4, -0.2) is 99.6 Å². The van der Waals surface area contributed by atoms with Crippen molar-refractivity contribution in [3.05, 3.63) is 92.2 Å². The Morgan fingerprint density at radius 3 is 2.23 bits per heavy atom. The van der Waals surface area contributed by atoms with Crippen LogP contribution in [0.15, 0.2) is 46.9 Å². The second-order valence-corrected chi connectivity index (χ2v) is 19.3. The highest BCUT2D eigenvalue weighted by Gasteiger charge is 2.67. The van der Waals surface area contributed by atoms with Crippen LogP contribution in [0.2, 0.25) is 0 Å². The van der Waals surface area contributed by atoms with Gasteiger partial charge in [-0.1, -0.05) is 55.6 Å². The highest BCUT2D eigenvalue weighted by molar-refractivity contribution is 9.10. The topological polar surface area (TPSA) is 137 Å². The maximum Gasteiger partial charge on any atom is 0.262 e. The van der Waals surface area contributed by atoms with E-state index in [1.54, 1.807) is 6.07 Å². The molecule has 5 heterocycles. The minimum Gasteiger partial charge on any atom is -0.489 e.